The molecule has 22 heavy (non-hydrogen) atoms. The van der Waals surface area contributed by atoms with E-state index in [4.69, 9.17) is 11.6 Å². The second kappa shape index (κ2) is 7.36. The lowest BCUT2D eigenvalue weighted by atomic mass is 9.92. The third kappa shape index (κ3) is 4.63. The molecular weight excluding hydrogens is 323 g/mol. The molecule has 0 amide bonds. The molecule has 0 aliphatic carbocycles. The van der Waals surface area contributed by atoms with Gasteiger partial charge in [-0.1, -0.05) is 29.8 Å². The molecule has 118 valence electrons. The zero-order valence-electron chi connectivity index (χ0n) is 12.1. The molecule has 0 spiro atoms. The van der Waals surface area contributed by atoms with Crippen molar-refractivity contribution in [2.24, 2.45) is 0 Å². The van der Waals surface area contributed by atoms with Crippen LogP contribution in [0.4, 0.5) is 0 Å². The Labute approximate surface area is 134 Å². The van der Waals surface area contributed by atoms with Crippen LogP contribution in [0, 0.1) is 0 Å². The second-order valence-electron chi connectivity index (χ2n) is 5.04. The van der Waals surface area contributed by atoms with Gasteiger partial charge >= 0.3 is 7.75 Å². The summed E-state index contributed by atoms with van der Waals surface area (Å²) in [5.41, 5.74) is 1.88. The van der Waals surface area contributed by atoms with Crippen LogP contribution in [0.3, 0.4) is 0 Å². The van der Waals surface area contributed by atoms with Crippen molar-refractivity contribution < 1.29 is 14.4 Å². The van der Waals surface area contributed by atoms with Gasteiger partial charge in [0.25, 0.3) is 0 Å². The average molecular weight is 341 g/mol. The van der Waals surface area contributed by atoms with Crippen molar-refractivity contribution >= 4 is 19.3 Å². The summed E-state index contributed by atoms with van der Waals surface area (Å²) in [7, 11) is -2.80. The van der Waals surface area contributed by atoms with Gasteiger partial charge in [-0.05, 0) is 43.3 Å². The molecule has 1 unspecified atom stereocenters. The first kappa shape index (κ1) is 17.1. The summed E-state index contributed by atoms with van der Waals surface area (Å²) in [4.78, 5) is 22.7. The van der Waals surface area contributed by atoms with Gasteiger partial charge in [0.1, 0.15) is 0 Å². The standard InChI is InChI=1S/C15H18ClN2O3P/c1-18(22(19,20)21)11-9-14(15-4-2-3-10-17-15)12-5-7-13(16)8-6-12/h2-8,10,14H,9,11H2,1H3,(H2,19,20,21). The Hall–Kier alpha value is -1.23. The topological polar surface area (TPSA) is 73.7 Å². The van der Waals surface area contributed by atoms with Crippen LogP contribution >= 0.6 is 19.3 Å². The van der Waals surface area contributed by atoms with Gasteiger partial charge in [0, 0.05) is 29.4 Å². The summed E-state index contributed by atoms with van der Waals surface area (Å²) in [6, 6.07) is 13.1. The Balaban J connectivity index is 2.23. The Morgan fingerprint density at radius 2 is 1.91 bits per heavy atom. The number of nitrogens with zero attached hydrogens (tertiary/aromatic N) is 2. The smallest absolute Gasteiger partial charge is 0.312 e. The van der Waals surface area contributed by atoms with E-state index >= 15 is 0 Å². The van der Waals surface area contributed by atoms with E-state index < -0.39 is 7.75 Å². The molecule has 2 rings (SSSR count). The lowest BCUT2D eigenvalue weighted by Gasteiger charge is -2.22. The Kier molecular flexibility index (Phi) is 5.73. The highest BCUT2D eigenvalue weighted by molar-refractivity contribution is 7.49. The molecule has 0 fully saturated rings. The number of rotatable bonds is 6. The molecule has 1 aromatic carbocycles. The van der Waals surface area contributed by atoms with Crippen molar-refractivity contribution in [2.75, 3.05) is 13.6 Å². The molecular formula is C15H18ClN2O3P. The third-order valence-corrected chi connectivity index (χ3v) is 4.84. The molecule has 0 aliphatic rings. The van der Waals surface area contributed by atoms with Crippen molar-refractivity contribution in [3.05, 3.63) is 64.9 Å². The molecule has 0 aliphatic heterocycles. The molecule has 1 atom stereocenters. The zero-order valence-corrected chi connectivity index (χ0v) is 13.8. The summed E-state index contributed by atoms with van der Waals surface area (Å²) in [6.45, 7) is 0.258. The quantitative estimate of drug-likeness (QED) is 0.789. The predicted molar refractivity (Wildman–Crippen MR) is 86.8 cm³/mol. The highest BCUT2D eigenvalue weighted by Gasteiger charge is 2.23. The molecule has 2 N–H and O–H groups in total. The number of hydrogen-bond acceptors (Lipinski definition) is 2. The summed E-state index contributed by atoms with van der Waals surface area (Å²) in [5, 5.41) is 0.649. The van der Waals surface area contributed by atoms with Gasteiger partial charge in [0.05, 0.1) is 0 Å². The first-order valence-corrected chi connectivity index (χ1v) is 8.76. The van der Waals surface area contributed by atoms with E-state index in [1.807, 2.05) is 30.3 Å². The second-order valence-corrected chi connectivity index (χ2v) is 7.19. The number of aromatic nitrogens is 1. The fourth-order valence-electron chi connectivity index (χ4n) is 2.21. The van der Waals surface area contributed by atoms with Gasteiger partial charge in [-0.25, -0.2) is 9.24 Å². The first-order valence-electron chi connectivity index (χ1n) is 6.81. The maximum Gasteiger partial charge on any atom is 0.402 e. The van der Waals surface area contributed by atoms with Crippen molar-refractivity contribution in [3.63, 3.8) is 0 Å². The Bertz CT molecular complexity index is 646. The minimum atomic E-state index is -4.21. The lowest BCUT2D eigenvalue weighted by Crippen LogP contribution is -2.19. The lowest BCUT2D eigenvalue weighted by molar-refractivity contribution is 0.288. The Morgan fingerprint density at radius 1 is 1.23 bits per heavy atom. The third-order valence-electron chi connectivity index (χ3n) is 3.50. The summed E-state index contributed by atoms with van der Waals surface area (Å²) in [5.74, 6) is -0.0486. The number of halogens is 1. The Morgan fingerprint density at radius 3 is 2.45 bits per heavy atom. The van der Waals surface area contributed by atoms with Crippen LogP contribution in [-0.2, 0) is 4.57 Å². The van der Waals surface area contributed by atoms with Gasteiger partial charge in [-0.2, -0.15) is 0 Å². The number of benzene rings is 1. The van der Waals surface area contributed by atoms with Crippen molar-refractivity contribution in [1.82, 2.24) is 9.65 Å². The fraction of sp³-hybridized carbons (Fsp3) is 0.267. The van der Waals surface area contributed by atoms with E-state index in [-0.39, 0.29) is 12.5 Å². The van der Waals surface area contributed by atoms with Crippen molar-refractivity contribution in [1.29, 1.82) is 0 Å². The van der Waals surface area contributed by atoms with Crippen LogP contribution in [-0.4, -0.2) is 33.0 Å². The molecule has 7 heteroatoms. The zero-order chi connectivity index (χ0) is 16.2. The van der Waals surface area contributed by atoms with Crippen LogP contribution in [0.1, 0.15) is 23.6 Å². The molecule has 0 radical (unpaired) electrons. The minimum Gasteiger partial charge on any atom is -0.312 e. The predicted octanol–water partition coefficient (Wildman–Crippen LogP) is 3.28. The van der Waals surface area contributed by atoms with Crippen LogP contribution in [0.25, 0.3) is 0 Å². The van der Waals surface area contributed by atoms with Crippen LogP contribution in [0.2, 0.25) is 5.02 Å². The van der Waals surface area contributed by atoms with Gasteiger partial charge in [0.2, 0.25) is 0 Å². The van der Waals surface area contributed by atoms with E-state index in [1.165, 1.54) is 7.05 Å². The summed E-state index contributed by atoms with van der Waals surface area (Å²) in [6.07, 6.45) is 2.26. The SMILES string of the molecule is CN(CCC(c1ccc(Cl)cc1)c1ccccn1)P(=O)(O)O. The highest BCUT2D eigenvalue weighted by Crippen LogP contribution is 2.39. The average Bonchev–Trinajstić information content (AvgIpc) is 2.49. The highest BCUT2D eigenvalue weighted by atomic mass is 35.5. The van der Waals surface area contributed by atoms with E-state index in [2.05, 4.69) is 4.98 Å². The maximum atomic E-state index is 11.2. The normalized spacial score (nSPS) is 13.3. The maximum absolute atomic E-state index is 11.2. The van der Waals surface area contributed by atoms with Crippen LogP contribution in [0.15, 0.2) is 48.7 Å². The summed E-state index contributed by atoms with van der Waals surface area (Å²) >= 11 is 5.92. The molecule has 0 saturated carbocycles. The fourth-order valence-corrected chi connectivity index (χ4v) is 2.71. The molecule has 0 saturated heterocycles. The van der Waals surface area contributed by atoms with E-state index in [1.54, 1.807) is 18.3 Å². The van der Waals surface area contributed by atoms with E-state index in [0.29, 0.717) is 11.4 Å². The number of pyridine rings is 1. The largest absolute Gasteiger partial charge is 0.402 e. The van der Waals surface area contributed by atoms with Crippen LogP contribution in [0.5, 0.6) is 0 Å². The molecule has 0 bridgehead atoms. The summed E-state index contributed by atoms with van der Waals surface area (Å²) < 4.78 is 12.3. The van der Waals surface area contributed by atoms with Gasteiger partial charge in [-0.3, -0.25) is 4.98 Å². The molecule has 2 aromatic rings. The van der Waals surface area contributed by atoms with Crippen LogP contribution < -0.4 is 0 Å². The minimum absolute atomic E-state index is 0.0486. The molecule has 1 aromatic heterocycles. The number of hydrogen-bond donors (Lipinski definition) is 2. The van der Waals surface area contributed by atoms with Gasteiger partial charge in [-0.15, -0.1) is 0 Å². The molecule has 1 heterocycles. The first-order chi connectivity index (χ1) is 10.4. The van der Waals surface area contributed by atoms with Crippen molar-refractivity contribution in [2.45, 2.75) is 12.3 Å². The van der Waals surface area contributed by atoms with E-state index in [0.717, 1.165) is 15.9 Å². The molecule has 5 nitrogen and oxygen atoms in total. The van der Waals surface area contributed by atoms with Gasteiger partial charge < -0.3 is 9.79 Å². The van der Waals surface area contributed by atoms with E-state index in [9.17, 15) is 14.4 Å². The van der Waals surface area contributed by atoms with Crippen molar-refractivity contribution in [3.8, 4) is 0 Å². The monoisotopic (exact) mass is 340 g/mol. The van der Waals surface area contributed by atoms with Gasteiger partial charge in [0.15, 0.2) is 0 Å².